The van der Waals surface area contributed by atoms with Crippen LogP contribution in [0.25, 0.3) is 10.7 Å². The second kappa shape index (κ2) is 5.18. The van der Waals surface area contributed by atoms with Crippen LogP contribution >= 0.6 is 11.3 Å². The van der Waals surface area contributed by atoms with E-state index in [1.807, 2.05) is 4.90 Å². The van der Waals surface area contributed by atoms with Crippen molar-refractivity contribution in [2.24, 2.45) is 0 Å². The van der Waals surface area contributed by atoms with Crippen LogP contribution in [-0.4, -0.2) is 45.3 Å². The Labute approximate surface area is 119 Å². The molecule has 2 aromatic rings. The molecule has 6 nitrogen and oxygen atoms in total. The molecule has 104 valence electrons. The monoisotopic (exact) mass is 291 g/mol. The standard InChI is InChI=1S/C13H13N3O3S/c17-8-4-6-16(7-8)11-3-5-14-12(15-11)9-1-2-10(20-9)13(18)19/h1-3,5,8,17H,4,6-7H2,(H,18,19). The van der Waals surface area contributed by atoms with E-state index in [2.05, 4.69) is 9.97 Å². The molecule has 2 aromatic heterocycles. The number of carbonyl (C=O) groups is 1. The normalized spacial score (nSPS) is 18.4. The number of hydrogen-bond donors (Lipinski definition) is 2. The van der Waals surface area contributed by atoms with E-state index in [0.717, 1.165) is 35.0 Å². The summed E-state index contributed by atoms with van der Waals surface area (Å²) in [5.41, 5.74) is 0. The van der Waals surface area contributed by atoms with Crippen LogP contribution in [0.15, 0.2) is 24.4 Å². The second-order valence-corrected chi connectivity index (χ2v) is 5.68. The number of rotatable bonds is 3. The highest BCUT2D eigenvalue weighted by Crippen LogP contribution is 2.27. The minimum Gasteiger partial charge on any atom is -0.477 e. The van der Waals surface area contributed by atoms with E-state index < -0.39 is 5.97 Å². The molecule has 1 atom stereocenters. The number of aromatic nitrogens is 2. The third-order valence-corrected chi connectivity index (χ3v) is 4.23. The molecule has 7 heteroatoms. The molecule has 3 heterocycles. The topological polar surface area (TPSA) is 86.5 Å². The zero-order valence-corrected chi connectivity index (χ0v) is 11.4. The SMILES string of the molecule is O=C(O)c1ccc(-c2nccc(N3CCC(O)C3)n2)s1. The van der Waals surface area contributed by atoms with Crippen molar-refractivity contribution < 1.29 is 15.0 Å². The van der Waals surface area contributed by atoms with Crippen LogP contribution in [0.3, 0.4) is 0 Å². The van der Waals surface area contributed by atoms with Crippen molar-refractivity contribution in [3.05, 3.63) is 29.3 Å². The van der Waals surface area contributed by atoms with Gasteiger partial charge in [-0.3, -0.25) is 0 Å². The molecule has 0 amide bonds. The van der Waals surface area contributed by atoms with Gasteiger partial charge in [-0.2, -0.15) is 0 Å². The number of anilines is 1. The maximum Gasteiger partial charge on any atom is 0.345 e. The maximum absolute atomic E-state index is 10.9. The number of aliphatic hydroxyl groups excluding tert-OH is 1. The van der Waals surface area contributed by atoms with E-state index in [0.29, 0.717) is 12.4 Å². The van der Waals surface area contributed by atoms with Crippen molar-refractivity contribution in [2.45, 2.75) is 12.5 Å². The van der Waals surface area contributed by atoms with Crippen LogP contribution in [0.5, 0.6) is 0 Å². The summed E-state index contributed by atoms with van der Waals surface area (Å²) in [4.78, 5) is 22.5. The van der Waals surface area contributed by atoms with Crippen LogP contribution in [0, 0.1) is 0 Å². The molecule has 1 saturated heterocycles. The molecule has 0 radical (unpaired) electrons. The summed E-state index contributed by atoms with van der Waals surface area (Å²) < 4.78 is 0. The summed E-state index contributed by atoms with van der Waals surface area (Å²) in [5, 5.41) is 18.5. The fraction of sp³-hybridized carbons (Fsp3) is 0.308. The fourth-order valence-corrected chi connectivity index (χ4v) is 2.95. The molecule has 1 fully saturated rings. The highest BCUT2D eigenvalue weighted by atomic mass is 32.1. The molecule has 0 bridgehead atoms. The molecular formula is C13H13N3O3S. The van der Waals surface area contributed by atoms with Gasteiger partial charge in [-0.1, -0.05) is 0 Å². The molecular weight excluding hydrogens is 278 g/mol. The van der Waals surface area contributed by atoms with E-state index in [1.54, 1.807) is 24.4 Å². The van der Waals surface area contributed by atoms with Crippen molar-refractivity contribution >= 4 is 23.1 Å². The predicted octanol–water partition coefficient (Wildman–Crippen LogP) is 1.47. The van der Waals surface area contributed by atoms with E-state index >= 15 is 0 Å². The number of thiophene rings is 1. The average Bonchev–Trinajstić information content (AvgIpc) is 3.07. The highest BCUT2D eigenvalue weighted by Gasteiger charge is 2.22. The summed E-state index contributed by atoms with van der Waals surface area (Å²) in [5.74, 6) is 0.332. The Hall–Kier alpha value is -1.99. The maximum atomic E-state index is 10.9. The molecule has 0 spiro atoms. The van der Waals surface area contributed by atoms with Crippen LogP contribution in [0.4, 0.5) is 5.82 Å². The van der Waals surface area contributed by atoms with E-state index in [1.165, 1.54) is 0 Å². The summed E-state index contributed by atoms with van der Waals surface area (Å²) in [6.07, 6.45) is 2.08. The molecule has 0 aromatic carbocycles. The number of aromatic carboxylic acids is 1. The Morgan fingerprint density at radius 3 is 2.90 bits per heavy atom. The Morgan fingerprint density at radius 1 is 1.40 bits per heavy atom. The lowest BCUT2D eigenvalue weighted by Gasteiger charge is -2.16. The molecule has 0 saturated carbocycles. The zero-order chi connectivity index (χ0) is 14.1. The Bertz CT molecular complexity index is 643. The third kappa shape index (κ3) is 2.50. The second-order valence-electron chi connectivity index (χ2n) is 4.60. The Morgan fingerprint density at radius 2 is 2.25 bits per heavy atom. The van der Waals surface area contributed by atoms with Gasteiger partial charge >= 0.3 is 5.97 Å². The van der Waals surface area contributed by atoms with E-state index in [-0.39, 0.29) is 11.0 Å². The van der Waals surface area contributed by atoms with Crippen molar-refractivity contribution in [2.75, 3.05) is 18.0 Å². The van der Waals surface area contributed by atoms with Gasteiger partial charge in [-0.05, 0) is 24.6 Å². The van der Waals surface area contributed by atoms with Gasteiger partial charge < -0.3 is 15.1 Å². The first kappa shape index (κ1) is 13.0. The van der Waals surface area contributed by atoms with Gasteiger partial charge in [-0.15, -0.1) is 11.3 Å². The molecule has 2 N–H and O–H groups in total. The highest BCUT2D eigenvalue weighted by molar-refractivity contribution is 7.17. The lowest BCUT2D eigenvalue weighted by atomic mass is 10.3. The number of β-amino-alcohol motifs (C(OH)–C–C–N with tert-alkyl or cyclic N) is 1. The lowest BCUT2D eigenvalue weighted by Crippen LogP contribution is -2.22. The molecule has 1 aliphatic rings. The summed E-state index contributed by atoms with van der Waals surface area (Å²) in [6.45, 7) is 1.34. The van der Waals surface area contributed by atoms with Crippen LogP contribution in [0.1, 0.15) is 16.1 Å². The van der Waals surface area contributed by atoms with E-state index in [4.69, 9.17) is 5.11 Å². The largest absolute Gasteiger partial charge is 0.477 e. The minimum atomic E-state index is -0.944. The van der Waals surface area contributed by atoms with Crippen LogP contribution in [0.2, 0.25) is 0 Å². The summed E-state index contributed by atoms with van der Waals surface area (Å²) >= 11 is 1.15. The first-order chi connectivity index (χ1) is 9.63. The predicted molar refractivity (Wildman–Crippen MR) is 75.1 cm³/mol. The van der Waals surface area contributed by atoms with Crippen LogP contribution in [-0.2, 0) is 0 Å². The van der Waals surface area contributed by atoms with Crippen molar-refractivity contribution in [3.63, 3.8) is 0 Å². The molecule has 3 rings (SSSR count). The number of hydrogen-bond acceptors (Lipinski definition) is 6. The number of nitrogens with zero attached hydrogens (tertiary/aromatic N) is 3. The molecule has 20 heavy (non-hydrogen) atoms. The van der Waals surface area contributed by atoms with Gasteiger partial charge in [0, 0.05) is 19.3 Å². The lowest BCUT2D eigenvalue weighted by molar-refractivity contribution is 0.0702. The quantitative estimate of drug-likeness (QED) is 0.890. The molecule has 1 unspecified atom stereocenters. The minimum absolute atomic E-state index is 0.269. The van der Waals surface area contributed by atoms with E-state index in [9.17, 15) is 9.90 Å². The summed E-state index contributed by atoms with van der Waals surface area (Å²) in [6, 6.07) is 5.07. The first-order valence-electron chi connectivity index (χ1n) is 6.23. The average molecular weight is 291 g/mol. The zero-order valence-electron chi connectivity index (χ0n) is 10.6. The van der Waals surface area contributed by atoms with Crippen LogP contribution < -0.4 is 4.90 Å². The van der Waals surface area contributed by atoms with Crippen molar-refractivity contribution in [1.29, 1.82) is 0 Å². The van der Waals surface area contributed by atoms with Crippen molar-refractivity contribution in [3.8, 4) is 10.7 Å². The van der Waals surface area contributed by atoms with Gasteiger partial charge in [0.05, 0.1) is 11.0 Å². The van der Waals surface area contributed by atoms with Gasteiger partial charge in [0.1, 0.15) is 10.7 Å². The third-order valence-electron chi connectivity index (χ3n) is 3.17. The number of carboxylic acid groups (broad SMARTS) is 1. The number of aliphatic hydroxyl groups is 1. The van der Waals surface area contributed by atoms with Gasteiger partial charge in [0.2, 0.25) is 0 Å². The molecule has 0 aliphatic carbocycles. The van der Waals surface area contributed by atoms with Gasteiger partial charge in [-0.25, -0.2) is 14.8 Å². The first-order valence-corrected chi connectivity index (χ1v) is 7.04. The van der Waals surface area contributed by atoms with Gasteiger partial charge in [0.15, 0.2) is 5.82 Å². The van der Waals surface area contributed by atoms with Crippen molar-refractivity contribution in [1.82, 2.24) is 9.97 Å². The number of carboxylic acids is 1. The molecule has 1 aliphatic heterocycles. The van der Waals surface area contributed by atoms with Gasteiger partial charge in [0.25, 0.3) is 0 Å². The summed E-state index contributed by atoms with van der Waals surface area (Å²) in [7, 11) is 0. The smallest absolute Gasteiger partial charge is 0.345 e. The fourth-order valence-electron chi connectivity index (χ4n) is 2.17. The Balaban J connectivity index is 1.88. The Kier molecular flexibility index (Phi) is 3.37.